The summed E-state index contributed by atoms with van der Waals surface area (Å²) in [5.74, 6) is 1.06. The lowest BCUT2D eigenvalue weighted by molar-refractivity contribution is -0.0393. The van der Waals surface area contributed by atoms with E-state index in [1.54, 1.807) is 17.1 Å². The molecule has 0 aromatic carbocycles. The molecule has 2 aliphatic heterocycles. The standard InChI is InChI=1S/C24H34FN7O/c1-2-16-12-31(13-16)23(27)17-11-28-20(10-19(17)29-15-24(25)7-5-8-24)22-18(26)14-32(30-22)21-6-3-4-9-33-21/h10-11,14,16,21,27H,2-9,12-13,15,26H2,1H3,(H,28,29). The Kier molecular flexibility index (Phi) is 5.99. The zero-order valence-electron chi connectivity index (χ0n) is 19.3. The fourth-order valence-electron chi connectivity index (χ4n) is 4.78. The van der Waals surface area contributed by atoms with Crippen LogP contribution < -0.4 is 11.1 Å². The molecule has 0 bridgehead atoms. The van der Waals surface area contributed by atoms with Gasteiger partial charge in [-0.05, 0) is 56.9 Å². The molecule has 5 rings (SSSR count). The van der Waals surface area contributed by atoms with Crippen molar-refractivity contribution in [3.63, 3.8) is 0 Å². The van der Waals surface area contributed by atoms with Crippen molar-refractivity contribution in [2.75, 3.05) is 37.3 Å². The number of nitrogen functional groups attached to an aromatic ring is 1. The van der Waals surface area contributed by atoms with E-state index in [1.807, 2.05) is 11.0 Å². The Labute approximate surface area is 194 Å². The van der Waals surface area contributed by atoms with Crippen LogP contribution in [0.3, 0.4) is 0 Å². The highest BCUT2D eigenvalue weighted by molar-refractivity contribution is 6.02. The number of nitrogens with one attached hydrogen (secondary N) is 2. The first-order valence-corrected chi connectivity index (χ1v) is 12.2. The van der Waals surface area contributed by atoms with E-state index in [2.05, 4.69) is 22.3 Å². The largest absolute Gasteiger partial charge is 0.396 e. The van der Waals surface area contributed by atoms with E-state index in [-0.39, 0.29) is 12.8 Å². The number of hydrogen-bond donors (Lipinski definition) is 3. The van der Waals surface area contributed by atoms with Gasteiger partial charge in [-0.2, -0.15) is 5.10 Å². The number of alkyl halides is 1. The summed E-state index contributed by atoms with van der Waals surface area (Å²) in [5.41, 5.74) is 8.24. The quantitative estimate of drug-likeness (QED) is 0.427. The predicted octanol–water partition coefficient (Wildman–Crippen LogP) is 4.20. The first-order chi connectivity index (χ1) is 16.0. The molecule has 1 unspecified atom stereocenters. The molecular formula is C24H34FN7O. The second-order valence-electron chi connectivity index (χ2n) is 9.74. The van der Waals surface area contributed by atoms with Crippen molar-refractivity contribution in [2.24, 2.45) is 5.92 Å². The molecule has 8 nitrogen and oxygen atoms in total. The molecule has 0 spiro atoms. The Hall–Kier alpha value is -2.68. The maximum absolute atomic E-state index is 14.8. The van der Waals surface area contributed by atoms with Gasteiger partial charge >= 0.3 is 0 Å². The Morgan fingerprint density at radius 2 is 2.15 bits per heavy atom. The lowest BCUT2D eigenvalue weighted by atomic mass is 9.82. The molecule has 1 aliphatic carbocycles. The van der Waals surface area contributed by atoms with Crippen molar-refractivity contribution in [3.05, 3.63) is 24.0 Å². The number of likely N-dealkylation sites (tertiary alicyclic amines) is 1. The highest BCUT2D eigenvalue weighted by atomic mass is 19.1. The molecule has 3 fully saturated rings. The number of nitrogens with zero attached hydrogens (tertiary/aromatic N) is 4. The van der Waals surface area contributed by atoms with Crippen LogP contribution in [0.1, 0.15) is 63.7 Å². The number of hydrogen-bond acceptors (Lipinski definition) is 6. The Balaban J connectivity index is 1.42. The third-order valence-electron chi connectivity index (χ3n) is 7.31. The zero-order valence-corrected chi connectivity index (χ0v) is 19.3. The number of ether oxygens (including phenoxy) is 1. The fourth-order valence-corrected chi connectivity index (χ4v) is 4.78. The average molecular weight is 456 g/mol. The van der Waals surface area contributed by atoms with E-state index in [4.69, 9.17) is 15.9 Å². The number of pyridine rings is 1. The summed E-state index contributed by atoms with van der Waals surface area (Å²) in [5, 5.41) is 16.7. The van der Waals surface area contributed by atoms with Crippen molar-refractivity contribution < 1.29 is 9.13 Å². The maximum atomic E-state index is 14.8. The first kappa shape index (κ1) is 22.1. The highest BCUT2D eigenvalue weighted by Gasteiger charge is 2.37. The van der Waals surface area contributed by atoms with Gasteiger partial charge in [0.15, 0.2) is 0 Å². The number of rotatable bonds is 7. The van der Waals surface area contributed by atoms with Crippen LogP contribution in [-0.4, -0.2) is 57.4 Å². The summed E-state index contributed by atoms with van der Waals surface area (Å²) in [4.78, 5) is 6.66. The van der Waals surface area contributed by atoms with Crippen LogP contribution in [0.4, 0.5) is 15.8 Å². The summed E-state index contributed by atoms with van der Waals surface area (Å²) in [6, 6.07) is 1.85. The Bertz CT molecular complexity index is 1010. The van der Waals surface area contributed by atoms with Crippen LogP contribution in [0, 0.1) is 11.3 Å². The van der Waals surface area contributed by atoms with E-state index < -0.39 is 5.67 Å². The predicted molar refractivity (Wildman–Crippen MR) is 127 cm³/mol. The molecule has 2 saturated heterocycles. The first-order valence-electron chi connectivity index (χ1n) is 12.2. The van der Waals surface area contributed by atoms with Crippen LogP contribution in [0.15, 0.2) is 18.5 Å². The van der Waals surface area contributed by atoms with Gasteiger partial charge in [0, 0.05) is 38.1 Å². The third-order valence-corrected chi connectivity index (χ3v) is 7.31. The minimum Gasteiger partial charge on any atom is -0.396 e. The molecule has 178 valence electrons. The molecule has 1 saturated carbocycles. The summed E-state index contributed by atoms with van der Waals surface area (Å²) >= 11 is 0. The number of halogens is 1. The zero-order chi connectivity index (χ0) is 23.0. The van der Waals surface area contributed by atoms with Crippen molar-refractivity contribution in [1.82, 2.24) is 19.7 Å². The summed E-state index contributed by atoms with van der Waals surface area (Å²) in [6.07, 6.45) is 9.65. The highest BCUT2D eigenvalue weighted by Crippen LogP contribution is 2.37. The van der Waals surface area contributed by atoms with E-state index in [9.17, 15) is 4.39 Å². The van der Waals surface area contributed by atoms with Crippen molar-refractivity contribution in [2.45, 2.75) is 63.8 Å². The van der Waals surface area contributed by atoms with Gasteiger partial charge < -0.3 is 20.7 Å². The second-order valence-corrected chi connectivity index (χ2v) is 9.74. The molecule has 1 atom stereocenters. The minimum absolute atomic E-state index is 0.109. The van der Waals surface area contributed by atoms with Gasteiger partial charge in [-0.15, -0.1) is 0 Å². The number of aromatic nitrogens is 3. The van der Waals surface area contributed by atoms with Gasteiger partial charge in [0.05, 0.1) is 23.1 Å². The number of amidine groups is 1. The van der Waals surface area contributed by atoms with Crippen LogP contribution in [0.5, 0.6) is 0 Å². The van der Waals surface area contributed by atoms with Crippen LogP contribution in [-0.2, 0) is 4.74 Å². The molecule has 33 heavy (non-hydrogen) atoms. The molecule has 0 amide bonds. The molecular weight excluding hydrogens is 421 g/mol. The second kappa shape index (κ2) is 8.93. The minimum atomic E-state index is -1.17. The van der Waals surface area contributed by atoms with Crippen molar-refractivity contribution in [3.8, 4) is 11.4 Å². The van der Waals surface area contributed by atoms with Crippen LogP contribution >= 0.6 is 0 Å². The molecule has 0 radical (unpaired) electrons. The lowest BCUT2D eigenvalue weighted by Gasteiger charge is -2.41. The Morgan fingerprint density at radius 3 is 2.82 bits per heavy atom. The van der Waals surface area contributed by atoms with E-state index in [1.165, 1.54) is 0 Å². The monoisotopic (exact) mass is 455 g/mol. The van der Waals surface area contributed by atoms with Gasteiger partial charge in [-0.25, -0.2) is 9.07 Å². The van der Waals surface area contributed by atoms with Crippen LogP contribution in [0.25, 0.3) is 11.4 Å². The fraction of sp³-hybridized carbons (Fsp3) is 0.625. The van der Waals surface area contributed by atoms with Crippen molar-refractivity contribution >= 4 is 17.2 Å². The summed E-state index contributed by atoms with van der Waals surface area (Å²) in [7, 11) is 0. The van der Waals surface area contributed by atoms with Crippen molar-refractivity contribution in [1.29, 1.82) is 5.41 Å². The van der Waals surface area contributed by atoms with Gasteiger partial charge in [0.2, 0.25) is 0 Å². The number of nitrogens with two attached hydrogens (primary N) is 1. The molecule has 3 aliphatic rings. The topological polar surface area (TPSA) is 105 Å². The normalized spacial score (nSPS) is 22.5. The molecule has 2 aromatic heterocycles. The van der Waals surface area contributed by atoms with Crippen LogP contribution in [0.2, 0.25) is 0 Å². The van der Waals surface area contributed by atoms with E-state index >= 15 is 0 Å². The maximum Gasteiger partial charge on any atom is 0.150 e. The average Bonchev–Trinajstić information content (AvgIpc) is 3.17. The number of anilines is 2. The summed E-state index contributed by atoms with van der Waals surface area (Å²) < 4.78 is 22.4. The van der Waals surface area contributed by atoms with Gasteiger partial charge in [0.25, 0.3) is 0 Å². The molecule has 4 N–H and O–H groups in total. The lowest BCUT2D eigenvalue weighted by Crippen LogP contribution is -2.49. The van der Waals surface area contributed by atoms with Gasteiger partial charge in [-0.1, -0.05) is 6.92 Å². The molecule has 2 aromatic rings. The SMILES string of the molecule is CCC1CN(C(=N)c2cnc(-c3nn(C4CCCCO4)cc3N)cc2NCC2(F)CCC2)C1. The third kappa shape index (κ3) is 4.43. The summed E-state index contributed by atoms with van der Waals surface area (Å²) in [6.45, 7) is 4.89. The van der Waals surface area contributed by atoms with E-state index in [0.29, 0.717) is 52.9 Å². The van der Waals surface area contributed by atoms with Gasteiger partial charge in [0.1, 0.15) is 23.4 Å². The molecule has 4 heterocycles. The smallest absolute Gasteiger partial charge is 0.150 e. The Morgan fingerprint density at radius 1 is 1.33 bits per heavy atom. The van der Waals surface area contributed by atoms with E-state index in [0.717, 1.165) is 51.8 Å². The molecule has 9 heteroatoms. The van der Waals surface area contributed by atoms with Gasteiger partial charge in [-0.3, -0.25) is 10.4 Å².